The summed E-state index contributed by atoms with van der Waals surface area (Å²) in [7, 11) is 0. The van der Waals surface area contributed by atoms with Crippen molar-refractivity contribution in [1.29, 1.82) is 0 Å². The second kappa shape index (κ2) is 8.28. The fraction of sp³-hybridized carbons (Fsp3) is 0.368. The van der Waals surface area contributed by atoms with Crippen LogP contribution in [-0.4, -0.2) is 31.8 Å². The van der Waals surface area contributed by atoms with Crippen LogP contribution in [0.3, 0.4) is 0 Å². The van der Waals surface area contributed by atoms with Gasteiger partial charge in [-0.05, 0) is 31.4 Å². The van der Waals surface area contributed by atoms with Crippen molar-refractivity contribution in [3.8, 4) is 10.6 Å². The van der Waals surface area contributed by atoms with Gasteiger partial charge in [0.15, 0.2) is 0 Å². The number of halogens is 1. The first-order valence-corrected chi connectivity index (χ1v) is 10.5. The Bertz CT molecular complexity index is 1050. The molecule has 7 nitrogen and oxygen atoms in total. The van der Waals surface area contributed by atoms with Crippen LogP contribution in [0.2, 0.25) is 5.02 Å². The van der Waals surface area contributed by atoms with E-state index >= 15 is 0 Å². The van der Waals surface area contributed by atoms with Gasteiger partial charge in [0, 0.05) is 42.0 Å². The molecule has 0 atom stereocenters. The van der Waals surface area contributed by atoms with Gasteiger partial charge in [-0.2, -0.15) is 5.10 Å². The van der Waals surface area contributed by atoms with Crippen molar-refractivity contribution in [1.82, 2.24) is 24.6 Å². The van der Waals surface area contributed by atoms with E-state index in [1.165, 1.54) is 16.0 Å². The molecule has 2 aromatic heterocycles. The van der Waals surface area contributed by atoms with Gasteiger partial charge < -0.3 is 5.32 Å². The Morgan fingerprint density at radius 3 is 3.04 bits per heavy atom. The minimum atomic E-state index is -0.221. The average molecular weight is 418 g/mol. The summed E-state index contributed by atoms with van der Waals surface area (Å²) in [5.41, 5.74) is 1.22. The molecule has 0 saturated carbocycles. The minimum Gasteiger partial charge on any atom is -0.351 e. The Kier molecular flexibility index (Phi) is 5.59. The lowest BCUT2D eigenvalue weighted by atomic mass is 10.2. The molecule has 1 aliphatic rings. The third-order valence-corrected chi connectivity index (χ3v) is 5.80. The molecule has 1 amide bonds. The highest BCUT2D eigenvalue weighted by Crippen LogP contribution is 2.25. The third-order valence-electron chi connectivity index (χ3n) is 4.67. The van der Waals surface area contributed by atoms with Crippen molar-refractivity contribution in [3.63, 3.8) is 0 Å². The summed E-state index contributed by atoms with van der Waals surface area (Å²) in [4.78, 5) is 29.0. The maximum absolute atomic E-state index is 12.3. The van der Waals surface area contributed by atoms with E-state index in [9.17, 15) is 9.59 Å². The van der Waals surface area contributed by atoms with Gasteiger partial charge in [0.05, 0.1) is 0 Å². The number of nitrogens with one attached hydrogen (secondary N) is 1. The number of carbonyl (C=O) groups is 1. The highest BCUT2D eigenvalue weighted by molar-refractivity contribution is 7.13. The van der Waals surface area contributed by atoms with Gasteiger partial charge in [-0.3, -0.25) is 9.36 Å². The zero-order valence-corrected chi connectivity index (χ0v) is 16.8. The van der Waals surface area contributed by atoms with Crippen LogP contribution >= 0.6 is 22.9 Å². The molecule has 1 N–H and O–H groups in total. The van der Waals surface area contributed by atoms with Crippen LogP contribution in [0.1, 0.15) is 35.6 Å². The first-order valence-electron chi connectivity index (χ1n) is 9.28. The van der Waals surface area contributed by atoms with Gasteiger partial charge in [0.1, 0.15) is 16.5 Å². The van der Waals surface area contributed by atoms with Gasteiger partial charge in [0.25, 0.3) is 5.91 Å². The van der Waals surface area contributed by atoms with Crippen LogP contribution in [0, 0.1) is 0 Å². The second-order valence-corrected chi connectivity index (χ2v) is 7.98. The molecule has 9 heteroatoms. The minimum absolute atomic E-state index is 0.0494. The highest BCUT2D eigenvalue weighted by Gasteiger charge is 2.16. The Morgan fingerprint density at radius 1 is 1.32 bits per heavy atom. The molecule has 0 aliphatic carbocycles. The maximum Gasteiger partial charge on any atom is 0.345 e. The number of thiazole rings is 1. The monoisotopic (exact) mass is 417 g/mol. The first-order chi connectivity index (χ1) is 13.6. The molecular weight excluding hydrogens is 398 g/mol. The number of hydrogen-bond acceptors (Lipinski definition) is 5. The van der Waals surface area contributed by atoms with E-state index < -0.39 is 0 Å². The molecule has 146 valence electrons. The SMILES string of the molecule is O=C(NCCCn1nc2n(c1=O)CCCC2)c1csc(-c2cccc(Cl)c2)n1. The topological polar surface area (TPSA) is 81.8 Å². The Hall–Kier alpha value is -2.45. The fourth-order valence-corrected chi connectivity index (χ4v) is 4.23. The Labute approximate surface area is 171 Å². The van der Waals surface area contributed by atoms with Crippen LogP contribution in [-0.2, 0) is 19.5 Å². The van der Waals surface area contributed by atoms with Crippen LogP contribution in [0.25, 0.3) is 10.6 Å². The van der Waals surface area contributed by atoms with Crippen LogP contribution < -0.4 is 11.0 Å². The molecule has 0 unspecified atom stereocenters. The molecular formula is C19H20ClN5O2S. The summed E-state index contributed by atoms with van der Waals surface area (Å²) in [6, 6.07) is 7.39. The van der Waals surface area contributed by atoms with E-state index in [1.54, 1.807) is 16.0 Å². The normalized spacial score (nSPS) is 13.3. The fourth-order valence-electron chi connectivity index (χ4n) is 3.25. The maximum atomic E-state index is 12.3. The molecule has 1 aliphatic heterocycles. The van der Waals surface area contributed by atoms with E-state index in [-0.39, 0.29) is 11.6 Å². The van der Waals surface area contributed by atoms with Crippen molar-refractivity contribution in [2.24, 2.45) is 0 Å². The molecule has 3 heterocycles. The Morgan fingerprint density at radius 2 is 2.21 bits per heavy atom. The van der Waals surface area contributed by atoms with Crippen molar-refractivity contribution < 1.29 is 4.79 Å². The quantitative estimate of drug-likeness (QED) is 0.625. The van der Waals surface area contributed by atoms with Crippen molar-refractivity contribution in [2.45, 2.75) is 38.8 Å². The molecule has 0 spiro atoms. The summed E-state index contributed by atoms with van der Waals surface area (Å²) in [5, 5.41) is 10.4. The van der Waals surface area contributed by atoms with E-state index in [0.29, 0.717) is 30.2 Å². The number of hydrogen-bond donors (Lipinski definition) is 1. The summed E-state index contributed by atoms with van der Waals surface area (Å²) < 4.78 is 3.27. The largest absolute Gasteiger partial charge is 0.351 e. The smallest absolute Gasteiger partial charge is 0.345 e. The van der Waals surface area contributed by atoms with Gasteiger partial charge in [-0.15, -0.1) is 11.3 Å². The number of amides is 1. The lowest BCUT2D eigenvalue weighted by Crippen LogP contribution is -2.29. The number of aryl methyl sites for hydroxylation is 2. The predicted octanol–water partition coefficient (Wildman–Crippen LogP) is 2.98. The number of rotatable bonds is 6. The van der Waals surface area contributed by atoms with Crippen LogP contribution in [0.5, 0.6) is 0 Å². The third kappa shape index (κ3) is 4.02. The predicted molar refractivity (Wildman–Crippen MR) is 109 cm³/mol. The molecule has 0 radical (unpaired) electrons. The number of fused-ring (bicyclic) bond motifs is 1. The van der Waals surface area contributed by atoms with E-state index in [1.807, 2.05) is 18.2 Å². The summed E-state index contributed by atoms with van der Waals surface area (Å²) in [6.45, 7) is 1.70. The second-order valence-electron chi connectivity index (χ2n) is 6.69. The zero-order valence-electron chi connectivity index (χ0n) is 15.2. The van der Waals surface area contributed by atoms with Crippen LogP contribution in [0.15, 0.2) is 34.4 Å². The Balaban J connectivity index is 1.31. The molecule has 28 heavy (non-hydrogen) atoms. The summed E-state index contributed by atoms with van der Waals surface area (Å²) in [5.74, 6) is 0.650. The van der Waals surface area contributed by atoms with Crippen molar-refractivity contribution in [2.75, 3.05) is 6.54 Å². The van der Waals surface area contributed by atoms with Gasteiger partial charge in [-0.25, -0.2) is 14.5 Å². The first kappa shape index (κ1) is 18.9. The number of carbonyl (C=O) groups excluding carboxylic acids is 1. The van der Waals surface area contributed by atoms with E-state index in [4.69, 9.17) is 11.6 Å². The van der Waals surface area contributed by atoms with E-state index in [0.717, 1.165) is 42.2 Å². The summed E-state index contributed by atoms with van der Waals surface area (Å²) >= 11 is 7.41. The van der Waals surface area contributed by atoms with Crippen LogP contribution in [0.4, 0.5) is 0 Å². The number of benzene rings is 1. The number of nitrogens with zero attached hydrogens (tertiary/aromatic N) is 4. The zero-order chi connectivity index (χ0) is 19.5. The van der Waals surface area contributed by atoms with Crippen molar-refractivity contribution in [3.05, 3.63) is 56.7 Å². The standard InChI is InChI=1S/C19H20ClN5O2S/c20-14-6-3-5-13(11-14)18-22-15(12-28-18)17(26)21-8-4-10-25-19(27)24-9-2-1-7-16(24)23-25/h3,5-6,11-12H,1-2,4,7-10H2,(H,21,26). The molecule has 0 bridgehead atoms. The molecule has 1 aromatic carbocycles. The van der Waals surface area contributed by atoms with Gasteiger partial charge >= 0.3 is 5.69 Å². The molecule has 4 rings (SSSR count). The van der Waals surface area contributed by atoms with Gasteiger partial charge in [0.2, 0.25) is 0 Å². The lowest BCUT2D eigenvalue weighted by Gasteiger charge is -2.09. The highest BCUT2D eigenvalue weighted by atomic mass is 35.5. The molecule has 0 saturated heterocycles. The van der Waals surface area contributed by atoms with E-state index in [2.05, 4.69) is 15.4 Å². The molecule has 3 aromatic rings. The number of aromatic nitrogens is 4. The van der Waals surface area contributed by atoms with Crippen molar-refractivity contribution >= 4 is 28.8 Å². The lowest BCUT2D eigenvalue weighted by molar-refractivity contribution is 0.0948. The molecule has 0 fully saturated rings. The average Bonchev–Trinajstić information content (AvgIpc) is 3.31. The summed E-state index contributed by atoms with van der Waals surface area (Å²) in [6.07, 6.45) is 3.60. The van der Waals surface area contributed by atoms with Gasteiger partial charge in [-0.1, -0.05) is 23.7 Å².